The van der Waals surface area contributed by atoms with Gasteiger partial charge in [-0.2, -0.15) is 5.26 Å². The summed E-state index contributed by atoms with van der Waals surface area (Å²) < 4.78 is 12.6. The minimum atomic E-state index is -1.09. The zero-order chi connectivity index (χ0) is 40.5. The number of nitrogens with zero attached hydrogens (tertiary/aromatic N) is 2. The van der Waals surface area contributed by atoms with Crippen LogP contribution in [0.4, 0.5) is 4.79 Å². The third kappa shape index (κ3) is 10.1. The van der Waals surface area contributed by atoms with E-state index in [1.165, 1.54) is 6.20 Å². The second-order valence-electron chi connectivity index (χ2n) is 13.9. The molecule has 2 heterocycles. The van der Waals surface area contributed by atoms with Crippen LogP contribution < -0.4 is 30.7 Å². The third-order valence-electron chi connectivity index (χ3n) is 10.0. The van der Waals surface area contributed by atoms with Crippen LogP contribution in [0, 0.1) is 25.2 Å². The Balaban J connectivity index is 1.22. The van der Waals surface area contributed by atoms with Gasteiger partial charge in [-0.1, -0.05) is 60.1 Å². The van der Waals surface area contributed by atoms with Gasteiger partial charge in [0.2, 0.25) is 0 Å². The van der Waals surface area contributed by atoms with E-state index in [1.54, 1.807) is 31.4 Å². The molecule has 13 heteroatoms. The van der Waals surface area contributed by atoms with Crippen molar-refractivity contribution in [1.29, 1.82) is 5.26 Å². The molecule has 6 N–H and O–H groups in total. The number of aromatic nitrogens is 1. The van der Waals surface area contributed by atoms with Crippen molar-refractivity contribution in [3.63, 3.8) is 0 Å². The maximum absolute atomic E-state index is 12.1. The highest BCUT2D eigenvalue weighted by molar-refractivity contribution is 6.32. The Morgan fingerprint density at radius 1 is 0.965 bits per heavy atom. The number of nitrogens with one attached hydrogen (secondary N) is 4. The number of ether oxygens (including phenoxy) is 2. The number of nitriles is 1. The number of carbonyl (C=O) groups excluding carboxylic acids is 1. The zero-order valence-electron chi connectivity index (χ0n) is 32.0. The number of hydrogen-bond donors (Lipinski definition) is 6. The van der Waals surface area contributed by atoms with Crippen molar-refractivity contribution in [3.8, 4) is 39.8 Å². The van der Waals surface area contributed by atoms with Crippen LogP contribution in [-0.2, 0) is 31.1 Å². The molecule has 0 bridgehead atoms. The van der Waals surface area contributed by atoms with Crippen LogP contribution in [0.5, 0.6) is 11.5 Å². The van der Waals surface area contributed by atoms with Gasteiger partial charge in [0, 0.05) is 62.8 Å². The minimum Gasteiger partial charge on any atom is -0.488 e. The lowest BCUT2D eigenvalue weighted by molar-refractivity contribution is -0.139. The maximum atomic E-state index is 12.1. The number of aliphatic hydroxyl groups excluding tert-OH is 1. The smallest absolute Gasteiger partial charge is 0.315 e. The summed E-state index contributed by atoms with van der Waals surface area (Å²) in [6, 6.07) is 25.8. The SMILES string of the molecule is CNC(=O)NC1CNCc2cc(-c3cccc(-c4cccc(COc5cc(OCc6cncc(C#N)c6)c(CNC[C@@H](O)CC(=O)O)cc5Cl)c4C)c3C)ccc21. The Morgan fingerprint density at radius 2 is 1.72 bits per heavy atom. The molecule has 1 aromatic heterocycles. The molecule has 12 nitrogen and oxygen atoms in total. The van der Waals surface area contributed by atoms with Gasteiger partial charge in [0.1, 0.15) is 30.8 Å². The Morgan fingerprint density at radius 3 is 2.49 bits per heavy atom. The van der Waals surface area contributed by atoms with E-state index in [0.717, 1.165) is 56.6 Å². The molecule has 5 aromatic rings. The first kappa shape index (κ1) is 40.7. The topological polar surface area (TPSA) is 178 Å². The van der Waals surface area contributed by atoms with E-state index < -0.39 is 12.1 Å². The molecular formula is C44H45ClN6O6. The summed E-state index contributed by atoms with van der Waals surface area (Å²) in [5.74, 6) is -0.221. The highest BCUT2D eigenvalue weighted by atomic mass is 35.5. The van der Waals surface area contributed by atoms with E-state index in [9.17, 15) is 20.0 Å². The van der Waals surface area contributed by atoms with E-state index in [4.69, 9.17) is 26.2 Å². The number of halogens is 1. The summed E-state index contributed by atoms with van der Waals surface area (Å²) >= 11 is 6.77. The van der Waals surface area contributed by atoms with E-state index in [0.29, 0.717) is 39.8 Å². The Labute approximate surface area is 336 Å². The summed E-state index contributed by atoms with van der Waals surface area (Å²) in [6.45, 7) is 6.24. The molecule has 57 heavy (non-hydrogen) atoms. The molecule has 0 radical (unpaired) electrons. The average molecular weight is 789 g/mol. The lowest BCUT2D eigenvalue weighted by atomic mass is 9.87. The van der Waals surface area contributed by atoms with Crippen LogP contribution in [0.1, 0.15) is 57.0 Å². The first-order valence-corrected chi connectivity index (χ1v) is 19.0. The molecule has 0 saturated carbocycles. The summed E-state index contributed by atoms with van der Waals surface area (Å²) in [7, 11) is 1.61. The molecule has 1 aliphatic rings. The van der Waals surface area contributed by atoms with Gasteiger partial charge in [-0.05, 0) is 82.1 Å². The van der Waals surface area contributed by atoms with Crippen molar-refractivity contribution in [3.05, 3.63) is 135 Å². The molecule has 0 spiro atoms. The highest BCUT2D eigenvalue weighted by Crippen LogP contribution is 2.38. The van der Waals surface area contributed by atoms with E-state index in [2.05, 4.69) is 88.6 Å². The number of aliphatic carboxylic acids is 1. The Bertz CT molecular complexity index is 2310. The van der Waals surface area contributed by atoms with Crippen molar-refractivity contribution in [2.24, 2.45) is 0 Å². The quantitative estimate of drug-likeness (QED) is 0.0668. The zero-order valence-corrected chi connectivity index (χ0v) is 32.7. The summed E-state index contributed by atoms with van der Waals surface area (Å²) in [5, 5.41) is 40.9. The summed E-state index contributed by atoms with van der Waals surface area (Å²) in [4.78, 5) is 27.2. The van der Waals surface area contributed by atoms with Gasteiger partial charge in [-0.15, -0.1) is 0 Å². The van der Waals surface area contributed by atoms with E-state index >= 15 is 0 Å². The second-order valence-corrected chi connectivity index (χ2v) is 14.3. The van der Waals surface area contributed by atoms with Crippen molar-refractivity contribution >= 4 is 23.6 Å². The molecule has 2 amide bonds. The van der Waals surface area contributed by atoms with Gasteiger partial charge in [0.25, 0.3) is 0 Å². The molecule has 4 aromatic carbocycles. The Hall–Kier alpha value is -5.97. The number of carbonyl (C=O) groups is 2. The number of pyridine rings is 1. The normalized spacial score (nSPS) is 13.9. The fourth-order valence-electron chi connectivity index (χ4n) is 7.01. The van der Waals surface area contributed by atoms with Gasteiger partial charge in [0.05, 0.1) is 29.2 Å². The van der Waals surface area contributed by atoms with Gasteiger partial charge in [0.15, 0.2) is 0 Å². The third-order valence-corrected chi connectivity index (χ3v) is 10.3. The van der Waals surface area contributed by atoms with Gasteiger partial charge in [-0.3, -0.25) is 9.78 Å². The van der Waals surface area contributed by atoms with Crippen molar-refractivity contribution in [1.82, 2.24) is 26.3 Å². The lowest BCUT2D eigenvalue weighted by Gasteiger charge is -2.28. The standard InChI is InChI=1S/C44H45ClN6O6/c1-26-31(6-4-8-36(26)37-9-5-7-35(27(37)2)30-10-11-38-32(13-30)20-50-23-40(38)51-44(55)47-3)25-57-42-16-41(56-24-29-12-28(17-46)18-48-19-29)33(14-39(42)45)21-49-22-34(52)15-43(53)54/h4-14,16,18-19,34,40,49-50,52H,15,20-25H2,1-3H3,(H,53,54)(H2,47,51,55)/t34-,40?/m0/s1. The fraction of sp³-hybridized carbons (Fsp3) is 0.273. The second kappa shape index (κ2) is 18.8. The molecule has 2 atom stereocenters. The van der Waals surface area contributed by atoms with Crippen molar-refractivity contribution < 1.29 is 29.3 Å². The number of carboxylic acids is 1. The van der Waals surface area contributed by atoms with Crippen LogP contribution in [0.3, 0.4) is 0 Å². The largest absolute Gasteiger partial charge is 0.488 e. The molecule has 0 aliphatic carbocycles. The van der Waals surface area contributed by atoms with Gasteiger partial charge < -0.3 is 41.0 Å². The summed E-state index contributed by atoms with van der Waals surface area (Å²) in [6.07, 6.45) is 1.65. The van der Waals surface area contributed by atoms with Crippen LogP contribution in [0.25, 0.3) is 22.3 Å². The lowest BCUT2D eigenvalue weighted by Crippen LogP contribution is -2.42. The minimum absolute atomic E-state index is 0.0526. The number of hydrogen-bond acceptors (Lipinski definition) is 9. The molecule has 1 unspecified atom stereocenters. The van der Waals surface area contributed by atoms with E-state index in [-0.39, 0.29) is 44.8 Å². The number of fused-ring (bicyclic) bond motifs is 1. The number of benzene rings is 4. The average Bonchev–Trinajstić information content (AvgIpc) is 3.20. The first-order chi connectivity index (χ1) is 27.5. The molecule has 1 aliphatic heterocycles. The molecule has 0 fully saturated rings. The van der Waals surface area contributed by atoms with Crippen LogP contribution in [-0.4, -0.2) is 53.4 Å². The number of carboxylic acid groups (broad SMARTS) is 1. The van der Waals surface area contributed by atoms with Crippen LogP contribution in [0.15, 0.2) is 85.2 Å². The monoisotopic (exact) mass is 788 g/mol. The number of rotatable bonds is 15. The molecule has 6 rings (SSSR count). The maximum Gasteiger partial charge on any atom is 0.315 e. The Kier molecular flexibility index (Phi) is 13.4. The predicted octanol–water partition coefficient (Wildman–Crippen LogP) is 6.71. The van der Waals surface area contributed by atoms with Crippen molar-refractivity contribution in [2.45, 2.75) is 58.7 Å². The fourth-order valence-corrected chi connectivity index (χ4v) is 7.25. The number of urea groups is 1. The van der Waals surface area contributed by atoms with Gasteiger partial charge in [-0.25, -0.2) is 4.79 Å². The molecule has 0 saturated heterocycles. The van der Waals surface area contributed by atoms with Gasteiger partial charge >= 0.3 is 12.0 Å². The van der Waals surface area contributed by atoms with Crippen molar-refractivity contribution in [2.75, 3.05) is 20.1 Å². The number of amides is 2. The van der Waals surface area contributed by atoms with Crippen LogP contribution >= 0.6 is 11.6 Å². The highest BCUT2D eigenvalue weighted by Gasteiger charge is 2.23. The predicted molar refractivity (Wildman–Crippen MR) is 218 cm³/mol. The first-order valence-electron chi connectivity index (χ1n) is 18.6. The summed E-state index contributed by atoms with van der Waals surface area (Å²) in [5.41, 5.74) is 11.6. The molecular weight excluding hydrogens is 744 g/mol. The van der Waals surface area contributed by atoms with E-state index in [1.807, 2.05) is 12.1 Å². The molecule has 294 valence electrons. The number of aliphatic hydroxyl groups is 1. The van der Waals surface area contributed by atoms with Crippen LogP contribution in [0.2, 0.25) is 5.02 Å².